The van der Waals surface area contributed by atoms with E-state index in [2.05, 4.69) is 10.6 Å². The third-order valence-electron chi connectivity index (χ3n) is 2.80. The fourth-order valence-corrected chi connectivity index (χ4v) is 1.45. The molecule has 1 aromatic carbocycles. The van der Waals surface area contributed by atoms with Gasteiger partial charge in [-0.25, -0.2) is 9.18 Å². The highest BCUT2D eigenvalue weighted by molar-refractivity contribution is 5.89. The van der Waals surface area contributed by atoms with Crippen LogP contribution in [-0.4, -0.2) is 32.4 Å². The van der Waals surface area contributed by atoms with Gasteiger partial charge < -0.3 is 20.1 Å². The molecule has 0 spiro atoms. The Morgan fingerprint density at radius 1 is 1.26 bits per heavy atom. The lowest BCUT2D eigenvalue weighted by atomic mass is 10.2. The Hall–Kier alpha value is -1.82. The number of carbonyl (C=O) groups is 1. The second kappa shape index (κ2) is 6.94. The van der Waals surface area contributed by atoms with Gasteiger partial charge in [-0.3, -0.25) is 0 Å². The average molecular weight is 270 g/mol. The molecule has 0 aliphatic rings. The van der Waals surface area contributed by atoms with Crippen LogP contribution in [0.3, 0.4) is 0 Å². The molecule has 0 saturated carbocycles. The van der Waals surface area contributed by atoms with Gasteiger partial charge in [0.05, 0.1) is 19.3 Å². The van der Waals surface area contributed by atoms with Crippen molar-refractivity contribution in [2.24, 2.45) is 0 Å². The monoisotopic (exact) mass is 270 g/mol. The van der Waals surface area contributed by atoms with E-state index < -0.39 is 11.8 Å². The lowest BCUT2D eigenvalue weighted by Gasteiger charge is -2.20. The first kappa shape index (κ1) is 15.2. The molecule has 0 aliphatic heterocycles. The van der Waals surface area contributed by atoms with Crippen molar-refractivity contribution in [1.29, 1.82) is 0 Å². The van der Waals surface area contributed by atoms with Crippen LogP contribution in [0.4, 0.5) is 14.9 Å². The normalized spacial score (nSPS) is 13.5. The smallest absolute Gasteiger partial charge is 0.319 e. The number of amides is 2. The molecule has 0 aromatic heterocycles. The molecule has 2 amide bonds. The van der Waals surface area contributed by atoms with E-state index in [9.17, 15) is 9.18 Å². The Morgan fingerprint density at radius 3 is 2.53 bits per heavy atom. The highest BCUT2D eigenvalue weighted by Crippen LogP contribution is 2.19. The predicted octanol–water partition coefficient (Wildman–Crippen LogP) is 2.38. The summed E-state index contributed by atoms with van der Waals surface area (Å²) < 4.78 is 23.3. The standard InChI is InChI=1S/C13H19FN2O3/c1-8(9(2)18-3)15-13(17)16-11-5-10(14)6-12(7-11)19-4/h5-9H,1-4H3,(H2,15,16,17)/t8-,9+/m0/s1. The number of hydrogen-bond donors (Lipinski definition) is 2. The molecule has 0 bridgehead atoms. The number of halogens is 1. The molecule has 19 heavy (non-hydrogen) atoms. The van der Waals surface area contributed by atoms with Gasteiger partial charge >= 0.3 is 6.03 Å². The van der Waals surface area contributed by atoms with Crippen molar-refractivity contribution in [3.63, 3.8) is 0 Å². The number of rotatable bonds is 5. The number of hydrogen-bond acceptors (Lipinski definition) is 3. The highest BCUT2D eigenvalue weighted by atomic mass is 19.1. The lowest BCUT2D eigenvalue weighted by molar-refractivity contribution is 0.0920. The van der Waals surface area contributed by atoms with Crippen LogP contribution < -0.4 is 15.4 Å². The summed E-state index contributed by atoms with van der Waals surface area (Å²) >= 11 is 0. The van der Waals surface area contributed by atoms with Gasteiger partial charge in [-0.1, -0.05) is 0 Å². The molecule has 0 aliphatic carbocycles. The summed E-state index contributed by atoms with van der Waals surface area (Å²) in [5, 5.41) is 5.24. The SMILES string of the molecule is COc1cc(F)cc(NC(=O)N[C@@H](C)[C@@H](C)OC)c1. The zero-order valence-electron chi connectivity index (χ0n) is 11.5. The Bertz CT molecular complexity index is 440. The molecule has 0 saturated heterocycles. The van der Waals surface area contributed by atoms with E-state index in [0.717, 1.165) is 0 Å². The topological polar surface area (TPSA) is 59.6 Å². The fraction of sp³-hybridized carbons (Fsp3) is 0.462. The Morgan fingerprint density at radius 2 is 1.95 bits per heavy atom. The van der Waals surface area contributed by atoms with Crippen molar-refractivity contribution in [1.82, 2.24) is 5.32 Å². The number of methoxy groups -OCH3 is 2. The second-order valence-corrected chi connectivity index (χ2v) is 4.21. The summed E-state index contributed by atoms with van der Waals surface area (Å²) in [5.74, 6) is -0.137. The summed E-state index contributed by atoms with van der Waals surface area (Å²) in [5.41, 5.74) is 0.326. The fourth-order valence-electron chi connectivity index (χ4n) is 1.45. The van der Waals surface area contributed by atoms with Crippen LogP contribution in [-0.2, 0) is 4.74 Å². The molecule has 2 N–H and O–H groups in total. The van der Waals surface area contributed by atoms with Crippen LogP contribution in [0.1, 0.15) is 13.8 Å². The van der Waals surface area contributed by atoms with Gasteiger partial charge in [-0.2, -0.15) is 0 Å². The van der Waals surface area contributed by atoms with Crippen LogP contribution in [0.15, 0.2) is 18.2 Å². The molecule has 106 valence electrons. The number of nitrogens with one attached hydrogen (secondary N) is 2. The predicted molar refractivity (Wildman–Crippen MR) is 71.0 cm³/mol. The van der Waals surface area contributed by atoms with Gasteiger partial charge in [0.1, 0.15) is 11.6 Å². The minimum Gasteiger partial charge on any atom is -0.497 e. The first-order chi connectivity index (χ1) is 8.96. The summed E-state index contributed by atoms with van der Waals surface area (Å²) in [7, 11) is 3.00. The van der Waals surface area contributed by atoms with Crippen molar-refractivity contribution in [2.75, 3.05) is 19.5 Å². The minimum absolute atomic E-state index is 0.118. The number of benzene rings is 1. The Balaban J connectivity index is 2.64. The molecule has 1 aromatic rings. The maximum absolute atomic E-state index is 13.2. The molecule has 0 unspecified atom stereocenters. The number of carbonyl (C=O) groups excluding carboxylic acids is 1. The van der Waals surface area contributed by atoms with Crippen molar-refractivity contribution in [3.05, 3.63) is 24.0 Å². The van der Waals surface area contributed by atoms with Gasteiger partial charge in [-0.05, 0) is 19.9 Å². The highest BCUT2D eigenvalue weighted by Gasteiger charge is 2.14. The third-order valence-corrected chi connectivity index (χ3v) is 2.80. The van der Waals surface area contributed by atoms with Crippen LogP contribution in [0.2, 0.25) is 0 Å². The molecule has 6 heteroatoms. The quantitative estimate of drug-likeness (QED) is 0.863. The molecule has 1 rings (SSSR count). The third kappa shape index (κ3) is 4.75. The van der Waals surface area contributed by atoms with Crippen LogP contribution >= 0.6 is 0 Å². The van der Waals surface area contributed by atoms with E-state index in [1.807, 2.05) is 13.8 Å². The van der Waals surface area contributed by atoms with Gasteiger partial charge in [0.15, 0.2) is 0 Å². The maximum Gasteiger partial charge on any atom is 0.319 e. The van der Waals surface area contributed by atoms with E-state index >= 15 is 0 Å². The molecule has 0 heterocycles. The zero-order valence-corrected chi connectivity index (χ0v) is 11.5. The van der Waals surface area contributed by atoms with Crippen molar-refractivity contribution in [3.8, 4) is 5.75 Å². The van der Waals surface area contributed by atoms with Gasteiger partial charge in [0.2, 0.25) is 0 Å². The van der Waals surface area contributed by atoms with E-state index in [-0.39, 0.29) is 12.1 Å². The van der Waals surface area contributed by atoms with E-state index in [0.29, 0.717) is 11.4 Å². The lowest BCUT2D eigenvalue weighted by Crippen LogP contribution is -2.42. The number of anilines is 1. The Kier molecular flexibility index (Phi) is 5.57. The molecule has 0 radical (unpaired) electrons. The largest absolute Gasteiger partial charge is 0.497 e. The van der Waals surface area contributed by atoms with Crippen LogP contribution in [0.25, 0.3) is 0 Å². The van der Waals surface area contributed by atoms with Crippen molar-refractivity contribution >= 4 is 11.7 Å². The molecule has 0 fully saturated rings. The van der Waals surface area contributed by atoms with E-state index in [1.54, 1.807) is 7.11 Å². The molecule has 2 atom stereocenters. The average Bonchev–Trinajstić information content (AvgIpc) is 2.36. The molecular formula is C13H19FN2O3. The summed E-state index contributed by atoms with van der Waals surface area (Å²) in [6.07, 6.45) is -0.118. The molecular weight excluding hydrogens is 251 g/mol. The summed E-state index contributed by atoms with van der Waals surface area (Å²) in [6.45, 7) is 3.66. The Labute approximate surface area is 112 Å². The second-order valence-electron chi connectivity index (χ2n) is 4.21. The number of urea groups is 1. The summed E-state index contributed by atoms with van der Waals surface area (Å²) in [6, 6.07) is 3.39. The van der Waals surface area contributed by atoms with Crippen molar-refractivity contribution < 1.29 is 18.7 Å². The van der Waals surface area contributed by atoms with E-state index in [1.165, 1.54) is 25.3 Å². The van der Waals surface area contributed by atoms with Crippen LogP contribution in [0.5, 0.6) is 5.75 Å². The number of ether oxygens (including phenoxy) is 2. The molecule has 5 nitrogen and oxygen atoms in total. The summed E-state index contributed by atoms with van der Waals surface area (Å²) in [4.78, 5) is 11.7. The maximum atomic E-state index is 13.2. The van der Waals surface area contributed by atoms with Crippen LogP contribution in [0, 0.1) is 5.82 Å². The zero-order chi connectivity index (χ0) is 14.4. The first-order valence-electron chi connectivity index (χ1n) is 5.91. The van der Waals surface area contributed by atoms with Gasteiger partial charge in [-0.15, -0.1) is 0 Å². The van der Waals surface area contributed by atoms with E-state index in [4.69, 9.17) is 9.47 Å². The van der Waals surface area contributed by atoms with Gasteiger partial charge in [0.25, 0.3) is 0 Å². The first-order valence-corrected chi connectivity index (χ1v) is 5.91. The minimum atomic E-state index is -0.479. The van der Waals surface area contributed by atoms with Crippen molar-refractivity contribution in [2.45, 2.75) is 26.0 Å². The van der Waals surface area contributed by atoms with Gasteiger partial charge in [0, 0.05) is 24.9 Å².